The van der Waals surface area contributed by atoms with Gasteiger partial charge in [0.2, 0.25) is 0 Å². The number of Topliss-reactive ketones (excluding diaryl/α,β-unsaturated/α-hetero) is 1. The molecule has 0 heterocycles. The van der Waals surface area contributed by atoms with Crippen LogP contribution in [0.3, 0.4) is 0 Å². The summed E-state index contributed by atoms with van der Waals surface area (Å²) in [5.41, 5.74) is -0.707. The topological polar surface area (TPSA) is 40.9 Å². The number of carbonyl (C=O) groups is 1. The first kappa shape index (κ1) is 11.6. The Morgan fingerprint density at radius 1 is 1.53 bits per heavy atom. The Morgan fingerprint density at radius 3 is 2.53 bits per heavy atom. The molecular formula is C10H6ClF2NO. The molecule has 0 aliphatic carbocycles. The van der Waals surface area contributed by atoms with E-state index in [1.54, 1.807) is 6.07 Å². The predicted molar refractivity (Wildman–Crippen MR) is 51.1 cm³/mol. The minimum atomic E-state index is -2.82. The van der Waals surface area contributed by atoms with Gasteiger partial charge in [0.1, 0.15) is 6.07 Å². The molecule has 0 amide bonds. The molecule has 0 atom stereocenters. The second kappa shape index (κ2) is 4.37. The average molecular weight is 230 g/mol. The molecule has 1 aromatic rings. The summed E-state index contributed by atoms with van der Waals surface area (Å²) in [6, 6.07) is 3.80. The van der Waals surface area contributed by atoms with Gasteiger partial charge in [-0.3, -0.25) is 4.79 Å². The molecule has 0 radical (unpaired) electrons. The fourth-order valence-electron chi connectivity index (χ4n) is 1.12. The zero-order valence-corrected chi connectivity index (χ0v) is 8.48. The van der Waals surface area contributed by atoms with E-state index in [1.165, 1.54) is 13.0 Å². The number of ketones is 1. The van der Waals surface area contributed by atoms with Crippen molar-refractivity contribution in [3.8, 4) is 6.07 Å². The van der Waals surface area contributed by atoms with Gasteiger partial charge in [0, 0.05) is 11.1 Å². The van der Waals surface area contributed by atoms with Crippen molar-refractivity contribution < 1.29 is 13.6 Å². The van der Waals surface area contributed by atoms with Crippen LogP contribution in [0.4, 0.5) is 8.78 Å². The summed E-state index contributed by atoms with van der Waals surface area (Å²) >= 11 is 5.61. The van der Waals surface area contributed by atoms with E-state index < -0.39 is 12.0 Å². The van der Waals surface area contributed by atoms with E-state index in [-0.39, 0.29) is 21.9 Å². The number of halogens is 3. The van der Waals surface area contributed by atoms with Crippen LogP contribution < -0.4 is 0 Å². The number of nitrogens with zero attached hydrogens (tertiary/aromatic N) is 1. The Bertz CT molecular complexity index is 451. The molecule has 15 heavy (non-hydrogen) atoms. The van der Waals surface area contributed by atoms with E-state index in [2.05, 4.69) is 0 Å². The van der Waals surface area contributed by atoms with Gasteiger partial charge in [0.05, 0.1) is 10.6 Å². The highest BCUT2D eigenvalue weighted by Gasteiger charge is 2.18. The van der Waals surface area contributed by atoms with Crippen LogP contribution in [0.15, 0.2) is 12.1 Å². The van der Waals surface area contributed by atoms with Crippen molar-refractivity contribution >= 4 is 17.4 Å². The van der Waals surface area contributed by atoms with E-state index in [4.69, 9.17) is 16.9 Å². The minimum absolute atomic E-state index is 0.0781. The molecule has 0 spiro atoms. The smallest absolute Gasteiger partial charge is 0.265 e. The first-order chi connectivity index (χ1) is 6.97. The van der Waals surface area contributed by atoms with Crippen molar-refractivity contribution in [3.63, 3.8) is 0 Å². The van der Waals surface area contributed by atoms with Crippen LogP contribution in [0.5, 0.6) is 0 Å². The lowest BCUT2D eigenvalue weighted by molar-refractivity contribution is 0.101. The van der Waals surface area contributed by atoms with Crippen molar-refractivity contribution in [2.45, 2.75) is 13.3 Å². The van der Waals surface area contributed by atoms with Crippen molar-refractivity contribution in [1.29, 1.82) is 5.26 Å². The SMILES string of the molecule is CC(=O)c1cc(Cl)c(C#N)c(C(F)F)c1. The molecule has 0 saturated carbocycles. The standard InChI is InChI=1S/C10H6ClF2NO/c1-5(15)6-2-7(10(12)13)8(4-14)9(11)3-6/h2-3,10H,1H3. The summed E-state index contributed by atoms with van der Waals surface area (Å²) < 4.78 is 25.0. The lowest BCUT2D eigenvalue weighted by Crippen LogP contribution is -1.98. The minimum Gasteiger partial charge on any atom is -0.295 e. The third-order valence-corrected chi connectivity index (χ3v) is 2.17. The maximum atomic E-state index is 12.5. The molecule has 0 aliphatic heterocycles. The number of nitriles is 1. The summed E-state index contributed by atoms with van der Waals surface area (Å²) in [4.78, 5) is 11.0. The van der Waals surface area contributed by atoms with Crippen LogP contribution >= 0.6 is 11.6 Å². The molecule has 0 N–H and O–H groups in total. The molecule has 1 rings (SSSR count). The van der Waals surface area contributed by atoms with Gasteiger partial charge >= 0.3 is 0 Å². The van der Waals surface area contributed by atoms with Gasteiger partial charge in [0.25, 0.3) is 6.43 Å². The van der Waals surface area contributed by atoms with Crippen LogP contribution in [0.2, 0.25) is 5.02 Å². The molecule has 78 valence electrons. The summed E-state index contributed by atoms with van der Waals surface area (Å²) in [5, 5.41) is 8.50. The highest BCUT2D eigenvalue weighted by molar-refractivity contribution is 6.32. The number of hydrogen-bond donors (Lipinski definition) is 0. The maximum Gasteiger partial charge on any atom is 0.265 e. The molecule has 0 unspecified atom stereocenters. The van der Waals surface area contributed by atoms with Crippen molar-refractivity contribution in [2.75, 3.05) is 0 Å². The Balaban J connectivity index is 3.47. The van der Waals surface area contributed by atoms with Gasteiger partial charge in [-0.2, -0.15) is 5.26 Å². The van der Waals surface area contributed by atoms with Crippen LogP contribution in [-0.2, 0) is 0 Å². The molecule has 0 fully saturated rings. The largest absolute Gasteiger partial charge is 0.295 e. The van der Waals surface area contributed by atoms with E-state index in [0.717, 1.165) is 6.07 Å². The summed E-state index contributed by atoms with van der Waals surface area (Å²) in [5.74, 6) is -0.372. The molecule has 2 nitrogen and oxygen atoms in total. The van der Waals surface area contributed by atoms with Gasteiger partial charge in [0.15, 0.2) is 5.78 Å². The van der Waals surface area contributed by atoms with Crippen LogP contribution in [0.25, 0.3) is 0 Å². The Morgan fingerprint density at radius 2 is 2.13 bits per heavy atom. The van der Waals surface area contributed by atoms with Crippen molar-refractivity contribution in [3.05, 3.63) is 33.8 Å². The Labute approximate surface area is 90.1 Å². The fourth-order valence-corrected chi connectivity index (χ4v) is 1.39. The third kappa shape index (κ3) is 2.31. The number of alkyl halides is 2. The van der Waals surface area contributed by atoms with Crippen LogP contribution in [0.1, 0.15) is 34.8 Å². The van der Waals surface area contributed by atoms with E-state index in [0.29, 0.717) is 0 Å². The average Bonchev–Trinajstić information content (AvgIpc) is 2.16. The zero-order valence-electron chi connectivity index (χ0n) is 7.72. The normalized spacial score (nSPS) is 10.1. The van der Waals surface area contributed by atoms with Gasteiger partial charge in [-0.1, -0.05) is 11.6 Å². The summed E-state index contributed by atoms with van der Waals surface area (Å²) in [7, 11) is 0. The number of rotatable bonds is 2. The van der Waals surface area contributed by atoms with Crippen LogP contribution in [-0.4, -0.2) is 5.78 Å². The van der Waals surface area contributed by atoms with E-state index >= 15 is 0 Å². The number of benzene rings is 1. The highest BCUT2D eigenvalue weighted by Crippen LogP contribution is 2.29. The zero-order chi connectivity index (χ0) is 11.6. The highest BCUT2D eigenvalue weighted by atomic mass is 35.5. The van der Waals surface area contributed by atoms with Crippen LogP contribution in [0, 0.1) is 11.3 Å². The molecule has 5 heteroatoms. The lowest BCUT2D eigenvalue weighted by atomic mass is 10.0. The first-order valence-corrected chi connectivity index (χ1v) is 4.37. The van der Waals surface area contributed by atoms with Crippen molar-refractivity contribution in [1.82, 2.24) is 0 Å². The van der Waals surface area contributed by atoms with Gasteiger partial charge in [-0.15, -0.1) is 0 Å². The molecule has 0 aromatic heterocycles. The predicted octanol–water partition coefficient (Wildman–Crippen LogP) is 3.35. The molecule has 0 aliphatic rings. The van der Waals surface area contributed by atoms with Gasteiger partial charge in [-0.05, 0) is 19.1 Å². The number of hydrogen-bond acceptors (Lipinski definition) is 2. The Kier molecular flexibility index (Phi) is 3.38. The van der Waals surface area contributed by atoms with Gasteiger partial charge < -0.3 is 0 Å². The van der Waals surface area contributed by atoms with Gasteiger partial charge in [-0.25, -0.2) is 8.78 Å². The maximum absolute atomic E-state index is 12.5. The molecule has 0 saturated heterocycles. The molecule has 0 bridgehead atoms. The summed E-state index contributed by atoms with van der Waals surface area (Å²) in [6.07, 6.45) is -2.82. The first-order valence-electron chi connectivity index (χ1n) is 4.00. The third-order valence-electron chi connectivity index (χ3n) is 1.87. The molecular weight excluding hydrogens is 224 g/mol. The second-order valence-corrected chi connectivity index (χ2v) is 3.30. The van der Waals surface area contributed by atoms with E-state index in [1.807, 2.05) is 0 Å². The summed E-state index contributed by atoms with van der Waals surface area (Å²) in [6.45, 7) is 1.24. The monoisotopic (exact) mass is 229 g/mol. The number of carbonyl (C=O) groups excluding carboxylic acids is 1. The quantitative estimate of drug-likeness (QED) is 0.730. The fraction of sp³-hybridized carbons (Fsp3) is 0.200. The van der Waals surface area contributed by atoms with E-state index in [9.17, 15) is 13.6 Å². The lowest BCUT2D eigenvalue weighted by Gasteiger charge is -2.06. The molecule has 1 aromatic carbocycles. The Hall–Kier alpha value is -1.47. The van der Waals surface area contributed by atoms with Crippen molar-refractivity contribution in [2.24, 2.45) is 0 Å². The second-order valence-electron chi connectivity index (χ2n) is 2.89.